The molecule has 0 aliphatic rings. The second-order valence-corrected chi connectivity index (χ2v) is 3.54. The highest BCUT2D eigenvalue weighted by Crippen LogP contribution is 2.15. The highest BCUT2D eigenvalue weighted by molar-refractivity contribution is 6.17. The van der Waals surface area contributed by atoms with Crippen molar-refractivity contribution in [3.8, 4) is 5.69 Å². The van der Waals surface area contributed by atoms with Gasteiger partial charge in [-0.3, -0.25) is 0 Å². The van der Waals surface area contributed by atoms with Gasteiger partial charge in [0.15, 0.2) is 0 Å². The molecule has 0 saturated carbocycles. The lowest BCUT2D eigenvalue weighted by molar-refractivity contribution is 0.627. The van der Waals surface area contributed by atoms with E-state index in [1.165, 1.54) is 12.1 Å². The zero-order valence-corrected chi connectivity index (χ0v) is 9.00. The van der Waals surface area contributed by atoms with E-state index in [0.29, 0.717) is 5.88 Å². The van der Waals surface area contributed by atoms with Gasteiger partial charge >= 0.3 is 0 Å². The first kappa shape index (κ1) is 10.2. The van der Waals surface area contributed by atoms with E-state index in [1.54, 1.807) is 23.0 Å². The van der Waals surface area contributed by atoms with E-state index >= 15 is 0 Å². The highest BCUT2D eigenvalue weighted by atomic mass is 35.5. The molecule has 0 atom stereocenters. The van der Waals surface area contributed by atoms with Gasteiger partial charge in [0.1, 0.15) is 5.82 Å². The zero-order valence-electron chi connectivity index (χ0n) is 8.24. The molecule has 1 aromatic heterocycles. The Morgan fingerprint density at radius 2 is 2.00 bits per heavy atom. The van der Waals surface area contributed by atoms with E-state index in [-0.39, 0.29) is 5.82 Å². The molecule has 0 bridgehead atoms. The summed E-state index contributed by atoms with van der Waals surface area (Å²) in [7, 11) is 0. The van der Waals surface area contributed by atoms with Crippen molar-refractivity contribution < 1.29 is 4.39 Å². The van der Waals surface area contributed by atoms with Crippen molar-refractivity contribution in [2.24, 2.45) is 0 Å². The topological polar surface area (TPSA) is 17.8 Å². The summed E-state index contributed by atoms with van der Waals surface area (Å²) in [5.74, 6) is 0.189. The van der Waals surface area contributed by atoms with Gasteiger partial charge in [-0.25, -0.2) is 9.07 Å². The molecule has 0 aliphatic carbocycles. The van der Waals surface area contributed by atoms with Crippen molar-refractivity contribution in [2.45, 2.75) is 12.8 Å². The lowest BCUT2D eigenvalue weighted by Crippen LogP contribution is -1.99. The Morgan fingerprint density at radius 3 is 2.53 bits per heavy atom. The maximum absolute atomic E-state index is 12.7. The minimum absolute atomic E-state index is 0.249. The van der Waals surface area contributed by atoms with E-state index in [1.807, 2.05) is 6.92 Å². The van der Waals surface area contributed by atoms with Crippen LogP contribution in [0.2, 0.25) is 0 Å². The first-order valence-electron chi connectivity index (χ1n) is 4.58. The van der Waals surface area contributed by atoms with E-state index in [4.69, 9.17) is 11.6 Å². The smallest absolute Gasteiger partial charge is 0.123 e. The third kappa shape index (κ3) is 1.88. The number of alkyl halides is 1. The fourth-order valence-electron chi connectivity index (χ4n) is 1.42. The number of rotatable bonds is 2. The van der Waals surface area contributed by atoms with Gasteiger partial charge in [0.05, 0.1) is 17.8 Å². The summed E-state index contributed by atoms with van der Waals surface area (Å²) in [6.07, 6.45) is 1.73. The quantitative estimate of drug-likeness (QED) is 0.717. The van der Waals surface area contributed by atoms with Crippen LogP contribution in [-0.4, -0.2) is 9.78 Å². The predicted octanol–water partition coefficient (Wildman–Crippen LogP) is 3.06. The van der Waals surface area contributed by atoms with Gasteiger partial charge in [-0.1, -0.05) is 0 Å². The SMILES string of the molecule is Cc1c(CCl)cnn1-c1ccc(F)cc1. The molecule has 0 amide bonds. The van der Waals surface area contributed by atoms with E-state index < -0.39 is 0 Å². The van der Waals surface area contributed by atoms with Crippen molar-refractivity contribution in [1.82, 2.24) is 9.78 Å². The third-order valence-electron chi connectivity index (χ3n) is 2.33. The van der Waals surface area contributed by atoms with Crippen molar-refractivity contribution in [2.75, 3.05) is 0 Å². The maximum atomic E-state index is 12.7. The first-order valence-corrected chi connectivity index (χ1v) is 5.11. The number of hydrogen-bond donors (Lipinski definition) is 0. The van der Waals surface area contributed by atoms with Gasteiger partial charge in [0, 0.05) is 11.3 Å². The maximum Gasteiger partial charge on any atom is 0.123 e. The number of nitrogens with zero attached hydrogens (tertiary/aromatic N) is 2. The summed E-state index contributed by atoms with van der Waals surface area (Å²) in [6.45, 7) is 1.94. The summed E-state index contributed by atoms with van der Waals surface area (Å²) < 4.78 is 14.5. The van der Waals surface area contributed by atoms with Crippen LogP contribution in [0.1, 0.15) is 11.3 Å². The fourth-order valence-corrected chi connectivity index (χ4v) is 1.68. The van der Waals surface area contributed by atoms with Gasteiger partial charge in [-0.2, -0.15) is 5.10 Å². The minimum Gasteiger partial charge on any atom is -0.238 e. The van der Waals surface area contributed by atoms with Gasteiger partial charge in [-0.15, -0.1) is 11.6 Å². The molecule has 2 rings (SSSR count). The molecular formula is C11H10ClFN2. The lowest BCUT2D eigenvalue weighted by Gasteiger charge is -2.04. The van der Waals surface area contributed by atoms with Crippen LogP contribution in [-0.2, 0) is 5.88 Å². The molecule has 0 radical (unpaired) electrons. The molecular weight excluding hydrogens is 215 g/mol. The van der Waals surface area contributed by atoms with Gasteiger partial charge in [0.2, 0.25) is 0 Å². The van der Waals surface area contributed by atoms with Crippen LogP contribution in [0.3, 0.4) is 0 Å². The molecule has 4 heteroatoms. The van der Waals surface area contributed by atoms with Crippen LogP contribution in [0.25, 0.3) is 5.69 Å². The van der Waals surface area contributed by atoms with Crippen LogP contribution in [0.5, 0.6) is 0 Å². The minimum atomic E-state index is -0.249. The van der Waals surface area contributed by atoms with Crippen molar-refractivity contribution in [1.29, 1.82) is 0 Å². The third-order valence-corrected chi connectivity index (χ3v) is 2.61. The summed E-state index contributed by atoms with van der Waals surface area (Å²) in [5, 5.41) is 4.20. The van der Waals surface area contributed by atoms with Crippen molar-refractivity contribution in [3.05, 3.63) is 47.5 Å². The second kappa shape index (κ2) is 4.03. The van der Waals surface area contributed by atoms with Crippen LogP contribution in [0.15, 0.2) is 30.5 Å². The van der Waals surface area contributed by atoms with Gasteiger partial charge in [-0.05, 0) is 31.2 Å². The Balaban J connectivity index is 2.45. The number of aromatic nitrogens is 2. The Labute approximate surface area is 92.3 Å². The summed E-state index contributed by atoms with van der Waals surface area (Å²) in [4.78, 5) is 0. The molecule has 0 unspecified atom stereocenters. The summed E-state index contributed by atoms with van der Waals surface area (Å²) in [6, 6.07) is 6.20. The molecule has 15 heavy (non-hydrogen) atoms. The van der Waals surface area contributed by atoms with Crippen LogP contribution in [0.4, 0.5) is 4.39 Å². The van der Waals surface area contributed by atoms with Gasteiger partial charge < -0.3 is 0 Å². The average Bonchev–Trinajstić information content (AvgIpc) is 2.61. The number of halogens is 2. The number of benzene rings is 1. The van der Waals surface area contributed by atoms with Crippen LogP contribution in [0, 0.1) is 12.7 Å². The van der Waals surface area contributed by atoms with Crippen LogP contribution >= 0.6 is 11.6 Å². The van der Waals surface area contributed by atoms with E-state index in [2.05, 4.69) is 5.10 Å². The largest absolute Gasteiger partial charge is 0.238 e. The summed E-state index contributed by atoms with van der Waals surface area (Å²) >= 11 is 5.74. The molecule has 1 heterocycles. The van der Waals surface area contributed by atoms with E-state index in [9.17, 15) is 4.39 Å². The number of hydrogen-bond acceptors (Lipinski definition) is 1. The monoisotopic (exact) mass is 224 g/mol. The highest BCUT2D eigenvalue weighted by Gasteiger charge is 2.06. The molecule has 0 fully saturated rings. The first-order chi connectivity index (χ1) is 7.22. The lowest BCUT2D eigenvalue weighted by atomic mass is 10.2. The molecule has 2 aromatic rings. The Morgan fingerprint density at radius 1 is 1.33 bits per heavy atom. The standard InChI is InChI=1S/C11H10ClFN2/c1-8-9(6-12)7-14-15(8)11-4-2-10(13)3-5-11/h2-5,7H,6H2,1H3. The molecule has 0 saturated heterocycles. The predicted molar refractivity (Wildman–Crippen MR) is 57.8 cm³/mol. The zero-order chi connectivity index (χ0) is 10.8. The Hall–Kier alpha value is -1.35. The van der Waals surface area contributed by atoms with E-state index in [0.717, 1.165) is 16.9 Å². The van der Waals surface area contributed by atoms with Crippen molar-refractivity contribution >= 4 is 11.6 Å². The Bertz CT molecular complexity index is 462. The molecule has 0 N–H and O–H groups in total. The second-order valence-electron chi connectivity index (χ2n) is 3.28. The van der Waals surface area contributed by atoms with Crippen LogP contribution < -0.4 is 0 Å². The average molecular weight is 225 g/mol. The normalized spacial score (nSPS) is 10.6. The molecule has 0 spiro atoms. The summed E-state index contributed by atoms with van der Waals surface area (Å²) in [5.41, 5.74) is 2.81. The molecule has 1 aromatic carbocycles. The Kier molecular flexibility index (Phi) is 2.73. The van der Waals surface area contributed by atoms with Gasteiger partial charge in [0.25, 0.3) is 0 Å². The fraction of sp³-hybridized carbons (Fsp3) is 0.182. The molecule has 2 nitrogen and oxygen atoms in total. The van der Waals surface area contributed by atoms with Crippen molar-refractivity contribution in [3.63, 3.8) is 0 Å². The molecule has 78 valence electrons. The molecule has 0 aliphatic heterocycles.